The third kappa shape index (κ3) is 20.7. The van der Waals surface area contributed by atoms with Gasteiger partial charge in [0.15, 0.2) is 0 Å². The molecule has 0 aliphatic heterocycles. The van der Waals surface area contributed by atoms with Crippen molar-refractivity contribution in [3.05, 3.63) is 90.1 Å². The van der Waals surface area contributed by atoms with Crippen LogP contribution in [0, 0.1) is 30.6 Å². The molecule has 1 unspecified atom stereocenters. The molecule has 0 radical (unpaired) electrons. The normalized spacial score (nSPS) is 12.3. The number of hydrogen-bond acceptors (Lipinski definition) is 8. The predicted octanol–water partition coefficient (Wildman–Crippen LogP) is 5.65. The first kappa shape index (κ1) is 48.8. The van der Waals surface area contributed by atoms with Crippen LogP contribution in [0.3, 0.4) is 0 Å². The number of nitrogens with one attached hydrogen (secondary N) is 4. The van der Waals surface area contributed by atoms with E-state index in [0.717, 1.165) is 16.8 Å². The number of hydrogen-bond donors (Lipinski definition) is 5. The number of carbonyl (C=O) groups is 4. The van der Waals surface area contributed by atoms with Crippen molar-refractivity contribution in [3.8, 4) is 24.1 Å². The minimum absolute atomic E-state index is 0.0254. The Morgan fingerprint density at radius 3 is 1.94 bits per heavy atom. The van der Waals surface area contributed by atoms with E-state index >= 15 is 0 Å². The third-order valence-electron chi connectivity index (χ3n) is 7.94. The van der Waals surface area contributed by atoms with Crippen molar-refractivity contribution in [1.29, 1.82) is 0 Å². The highest BCUT2D eigenvalue weighted by atomic mass is 16.5. The maximum Gasteiger partial charge on any atom is 0.407 e. The minimum atomic E-state index is -0.931. The van der Waals surface area contributed by atoms with Gasteiger partial charge in [-0.05, 0) is 42.4 Å². The Balaban J connectivity index is 0.00000114. The standard InChI is InChI=1S/C24H33N5O5.C9H19NO.C7H8.C2H2/c1-24(2,3)21(27-23(33)34-4)22(32)28-29(15-19(31)13-25-16-30)14-17-8-10-18(11-9-17)20-7-5-6-12-26-20;1-6-8(11)10-7(2)9(3,4)5;1-7-5-3-2-4-6-7;1-2/h5-12,16,19,21,31H,13-15H2,1-4H3,(H,25,30)(H,27,33)(H,28,32);7H,6H2,1-5H3,(H,10,11);2-6H,1H3;1-2H/t19-,21-;;;/m1.../s1. The molecule has 2 aromatic carbocycles. The Hall–Kier alpha value is -5.25. The third-order valence-corrected chi connectivity index (χ3v) is 7.94. The van der Waals surface area contributed by atoms with Crippen molar-refractivity contribution in [2.45, 2.75) is 93.5 Å². The maximum atomic E-state index is 13.1. The van der Waals surface area contributed by atoms with Crippen LogP contribution in [0.25, 0.3) is 11.3 Å². The van der Waals surface area contributed by atoms with Crippen LogP contribution in [0.15, 0.2) is 79.0 Å². The van der Waals surface area contributed by atoms with Gasteiger partial charge in [0.25, 0.3) is 5.91 Å². The summed E-state index contributed by atoms with van der Waals surface area (Å²) in [6.07, 6.45) is 9.14. The summed E-state index contributed by atoms with van der Waals surface area (Å²) in [5.41, 5.74) is 6.34. The molecule has 0 saturated carbocycles. The number of aryl methyl sites for hydroxylation is 1. The Morgan fingerprint density at radius 2 is 1.50 bits per heavy atom. The summed E-state index contributed by atoms with van der Waals surface area (Å²) in [6.45, 7) is 18.1. The fraction of sp³-hybridized carbons (Fsp3) is 0.452. The maximum absolute atomic E-state index is 13.1. The molecule has 12 heteroatoms. The van der Waals surface area contributed by atoms with Gasteiger partial charge in [-0.2, -0.15) is 0 Å². The van der Waals surface area contributed by atoms with Crippen LogP contribution in [0.5, 0.6) is 0 Å². The van der Waals surface area contributed by atoms with Crippen molar-refractivity contribution in [2.75, 3.05) is 20.2 Å². The van der Waals surface area contributed by atoms with Crippen molar-refractivity contribution >= 4 is 24.3 Å². The van der Waals surface area contributed by atoms with Gasteiger partial charge in [0, 0.05) is 43.9 Å². The van der Waals surface area contributed by atoms with E-state index in [-0.39, 0.29) is 37.0 Å². The summed E-state index contributed by atoms with van der Waals surface area (Å²) in [5, 5.41) is 19.8. The van der Waals surface area contributed by atoms with Crippen molar-refractivity contribution in [1.82, 2.24) is 31.4 Å². The Kier molecular flexibility index (Phi) is 23.2. The number of nitrogens with zero attached hydrogens (tertiary/aromatic N) is 2. The molecule has 0 bridgehead atoms. The van der Waals surface area contributed by atoms with Crippen LogP contribution in [0.2, 0.25) is 0 Å². The second kappa shape index (κ2) is 25.7. The number of aromatic nitrogens is 1. The fourth-order valence-electron chi connectivity index (χ4n) is 4.35. The first-order valence-electron chi connectivity index (χ1n) is 17.8. The van der Waals surface area contributed by atoms with E-state index < -0.39 is 29.6 Å². The quantitative estimate of drug-likeness (QED) is 0.0852. The van der Waals surface area contributed by atoms with Gasteiger partial charge in [0.1, 0.15) is 6.04 Å². The number of rotatable bonds is 13. The van der Waals surface area contributed by atoms with E-state index in [4.69, 9.17) is 0 Å². The number of aliphatic hydroxyl groups is 1. The first-order chi connectivity index (χ1) is 25.4. The average molecular weight is 747 g/mol. The molecule has 296 valence electrons. The van der Waals surface area contributed by atoms with Crippen LogP contribution in [0.4, 0.5) is 4.79 Å². The zero-order chi connectivity index (χ0) is 41.3. The summed E-state index contributed by atoms with van der Waals surface area (Å²) in [6, 6.07) is 23.0. The van der Waals surface area contributed by atoms with E-state index in [2.05, 4.69) is 83.8 Å². The minimum Gasteiger partial charge on any atom is -0.453 e. The zero-order valence-corrected chi connectivity index (χ0v) is 33.7. The van der Waals surface area contributed by atoms with Gasteiger partial charge < -0.3 is 25.8 Å². The molecule has 54 heavy (non-hydrogen) atoms. The van der Waals surface area contributed by atoms with Gasteiger partial charge in [0.2, 0.25) is 12.3 Å². The average Bonchev–Trinajstić information content (AvgIpc) is 3.14. The zero-order valence-electron chi connectivity index (χ0n) is 33.7. The van der Waals surface area contributed by atoms with Crippen LogP contribution in [0.1, 0.15) is 72.9 Å². The number of hydrazine groups is 1. The molecule has 3 rings (SSSR count). The summed E-state index contributed by atoms with van der Waals surface area (Å²) in [5.74, 6) is -0.328. The Labute approximate surface area is 322 Å². The summed E-state index contributed by atoms with van der Waals surface area (Å²) in [7, 11) is 1.23. The van der Waals surface area contributed by atoms with E-state index in [9.17, 15) is 24.3 Å². The number of carbonyl (C=O) groups excluding carboxylic acids is 4. The van der Waals surface area contributed by atoms with Crippen LogP contribution >= 0.6 is 0 Å². The molecule has 5 N–H and O–H groups in total. The summed E-state index contributed by atoms with van der Waals surface area (Å²) in [4.78, 5) is 50.8. The highest BCUT2D eigenvalue weighted by molar-refractivity contribution is 5.86. The first-order valence-corrected chi connectivity index (χ1v) is 17.8. The van der Waals surface area contributed by atoms with E-state index in [0.29, 0.717) is 12.8 Å². The molecule has 0 saturated heterocycles. The molecule has 0 spiro atoms. The van der Waals surface area contributed by atoms with Crippen LogP contribution in [-0.2, 0) is 25.7 Å². The van der Waals surface area contributed by atoms with E-state index in [1.807, 2.05) is 95.3 Å². The van der Waals surface area contributed by atoms with Gasteiger partial charge in [-0.3, -0.25) is 24.8 Å². The van der Waals surface area contributed by atoms with Gasteiger partial charge >= 0.3 is 6.09 Å². The topological polar surface area (TPSA) is 162 Å². The fourth-order valence-corrected chi connectivity index (χ4v) is 4.35. The lowest BCUT2D eigenvalue weighted by Crippen LogP contribution is -2.58. The van der Waals surface area contributed by atoms with Crippen molar-refractivity contribution in [2.24, 2.45) is 10.8 Å². The highest BCUT2D eigenvalue weighted by Crippen LogP contribution is 2.21. The number of alkyl carbamates (subject to hydrolysis) is 1. The molecule has 0 aliphatic carbocycles. The van der Waals surface area contributed by atoms with Crippen LogP contribution in [-0.4, -0.2) is 77.8 Å². The lowest BCUT2D eigenvalue weighted by molar-refractivity contribution is -0.131. The van der Waals surface area contributed by atoms with Crippen molar-refractivity contribution < 1.29 is 29.0 Å². The molecule has 0 fully saturated rings. The van der Waals surface area contributed by atoms with E-state index in [1.54, 1.807) is 11.2 Å². The molecule has 0 aliphatic rings. The van der Waals surface area contributed by atoms with Gasteiger partial charge in [-0.15, -0.1) is 12.8 Å². The summed E-state index contributed by atoms with van der Waals surface area (Å²) < 4.78 is 4.65. The molecule has 4 amide bonds. The van der Waals surface area contributed by atoms with Gasteiger partial charge in [-0.1, -0.05) is 115 Å². The van der Waals surface area contributed by atoms with E-state index in [1.165, 1.54) is 12.7 Å². The molecular weight excluding hydrogens is 684 g/mol. The number of pyridine rings is 1. The molecule has 3 aromatic rings. The monoisotopic (exact) mass is 746 g/mol. The predicted molar refractivity (Wildman–Crippen MR) is 216 cm³/mol. The smallest absolute Gasteiger partial charge is 0.407 e. The Bertz CT molecular complexity index is 1520. The molecule has 12 nitrogen and oxygen atoms in total. The SMILES string of the molecule is C#C.CCC(=O)NC(C)C(C)(C)C.COC(=O)N[C@H](C(=O)NN(Cc1ccc(-c2ccccn2)cc1)C[C@H](O)CNC=O)C(C)(C)C.Cc1ccccc1. The highest BCUT2D eigenvalue weighted by Gasteiger charge is 2.34. The number of ether oxygens (including phenoxy) is 1. The number of terminal acetylenes is 1. The second-order valence-corrected chi connectivity index (χ2v) is 14.5. The number of benzene rings is 2. The largest absolute Gasteiger partial charge is 0.453 e. The molecule has 1 heterocycles. The second-order valence-electron chi connectivity index (χ2n) is 14.5. The molecule has 3 atom stereocenters. The van der Waals surface area contributed by atoms with Gasteiger partial charge in [0.05, 0.1) is 18.9 Å². The summed E-state index contributed by atoms with van der Waals surface area (Å²) >= 11 is 0. The Morgan fingerprint density at radius 1 is 0.907 bits per heavy atom. The number of aliphatic hydroxyl groups excluding tert-OH is 1. The number of amides is 4. The lowest BCUT2D eigenvalue weighted by Gasteiger charge is -2.33. The van der Waals surface area contributed by atoms with Crippen molar-refractivity contribution in [3.63, 3.8) is 0 Å². The molecule has 1 aromatic heterocycles. The molecular formula is C42H62N6O6. The lowest BCUT2D eigenvalue weighted by atomic mass is 9.86. The number of methoxy groups -OCH3 is 1. The van der Waals surface area contributed by atoms with Crippen LogP contribution < -0.4 is 21.4 Å². The van der Waals surface area contributed by atoms with Gasteiger partial charge in [-0.25, -0.2) is 9.80 Å².